The van der Waals surface area contributed by atoms with Crippen LogP contribution in [0.4, 0.5) is 0 Å². The summed E-state index contributed by atoms with van der Waals surface area (Å²) in [4.78, 5) is 25.6. The highest BCUT2D eigenvalue weighted by molar-refractivity contribution is 7.98. The summed E-state index contributed by atoms with van der Waals surface area (Å²) in [6.07, 6.45) is 0. The minimum Gasteiger partial charge on any atom is -0.423 e. The van der Waals surface area contributed by atoms with Crippen molar-refractivity contribution < 1.29 is 4.42 Å². The Balaban J connectivity index is 1.52. The molecule has 0 spiro atoms. The van der Waals surface area contributed by atoms with Gasteiger partial charge >= 0.3 is 5.63 Å². The summed E-state index contributed by atoms with van der Waals surface area (Å²) < 4.78 is 8.89. The van der Waals surface area contributed by atoms with Gasteiger partial charge in [-0.25, -0.2) is 9.36 Å². The molecule has 172 valence electrons. The molecule has 3 heterocycles. The summed E-state index contributed by atoms with van der Waals surface area (Å²) in [6, 6.07) is 22.6. The first-order chi connectivity index (χ1) is 17.0. The zero-order chi connectivity index (χ0) is 24.1. The maximum Gasteiger partial charge on any atom is 0.336 e. The van der Waals surface area contributed by atoms with Crippen LogP contribution in [0.2, 0.25) is 0 Å². The van der Waals surface area contributed by atoms with Gasteiger partial charge in [-0.15, -0.1) is 10.2 Å². The zero-order valence-corrected chi connectivity index (χ0v) is 19.9. The minimum atomic E-state index is -0.386. The number of aromatic nitrogens is 4. The van der Waals surface area contributed by atoms with Gasteiger partial charge in [-0.3, -0.25) is 9.20 Å². The first kappa shape index (κ1) is 21.4. The van der Waals surface area contributed by atoms with Crippen molar-refractivity contribution in [1.82, 2.24) is 19.2 Å². The summed E-state index contributed by atoms with van der Waals surface area (Å²) in [7, 11) is 0. The van der Waals surface area contributed by atoms with Crippen LogP contribution in [-0.4, -0.2) is 19.2 Å². The zero-order valence-electron chi connectivity index (χ0n) is 19.1. The predicted octanol–water partition coefficient (Wildman–Crippen LogP) is 5.05. The quantitative estimate of drug-likeness (QED) is 0.259. The molecular formula is C27H20N4O3S. The van der Waals surface area contributed by atoms with Gasteiger partial charge in [0, 0.05) is 17.2 Å². The third-order valence-electron chi connectivity index (χ3n) is 6.03. The molecule has 0 bridgehead atoms. The van der Waals surface area contributed by atoms with E-state index in [0.29, 0.717) is 27.7 Å². The number of thioether (sulfide) groups is 1. The average Bonchev–Trinajstić information content (AvgIpc) is 3.27. The van der Waals surface area contributed by atoms with Crippen LogP contribution in [0.3, 0.4) is 0 Å². The number of fused-ring (bicyclic) bond motifs is 4. The normalized spacial score (nSPS) is 11.6. The number of para-hydroxylation sites is 1. The van der Waals surface area contributed by atoms with Crippen molar-refractivity contribution in [2.45, 2.75) is 24.8 Å². The second-order valence-corrected chi connectivity index (χ2v) is 9.43. The third kappa shape index (κ3) is 3.63. The minimum absolute atomic E-state index is 0.150. The summed E-state index contributed by atoms with van der Waals surface area (Å²) in [5.74, 6) is 0.928. The van der Waals surface area contributed by atoms with Crippen LogP contribution in [-0.2, 0) is 5.75 Å². The number of rotatable bonds is 4. The van der Waals surface area contributed by atoms with Crippen LogP contribution in [0.5, 0.6) is 0 Å². The predicted molar refractivity (Wildman–Crippen MR) is 138 cm³/mol. The van der Waals surface area contributed by atoms with Gasteiger partial charge in [0.2, 0.25) is 5.78 Å². The molecule has 6 aromatic rings. The molecule has 6 rings (SSSR count). The van der Waals surface area contributed by atoms with Gasteiger partial charge in [0.15, 0.2) is 5.16 Å². The number of aryl methyl sites for hydroxylation is 2. The highest BCUT2D eigenvalue weighted by atomic mass is 32.2. The van der Waals surface area contributed by atoms with Gasteiger partial charge in [0.05, 0.1) is 16.6 Å². The lowest BCUT2D eigenvalue weighted by Gasteiger charge is -2.11. The van der Waals surface area contributed by atoms with Crippen molar-refractivity contribution in [3.63, 3.8) is 0 Å². The van der Waals surface area contributed by atoms with Crippen LogP contribution in [0, 0.1) is 13.8 Å². The molecule has 0 atom stereocenters. The van der Waals surface area contributed by atoms with Crippen molar-refractivity contribution >= 4 is 39.4 Å². The molecule has 0 N–H and O–H groups in total. The maximum atomic E-state index is 13.5. The van der Waals surface area contributed by atoms with Crippen LogP contribution < -0.4 is 11.2 Å². The van der Waals surface area contributed by atoms with Crippen LogP contribution >= 0.6 is 11.8 Å². The molecule has 3 aromatic heterocycles. The first-order valence-corrected chi connectivity index (χ1v) is 12.1. The molecule has 0 saturated carbocycles. The Morgan fingerprint density at radius 3 is 2.46 bits per heavy atom. The van der Waals surface area contributed by atoms with E-state index in [1.165, 1.54) is 17.8 Å². The Kier molecular flexibility index (Phi) is 5.04. The first-order valence-electron chi connectivity index (χ1n) is 11.1. The molecule has 0 aliphatic carbocycles. The monoisotopic (exact) mass is 480 g/mol. The van der Waals surface area contributed by atoms with Crippen molar-refractivity contribution in [2.75, 3.05) is 0 Å². The summed E-state index contributed by atoms with van der Waals surface area (Å²) in [5.41, 5.74) is 4.47. The molecule has 0 saturated heterocycles. The van der Waals surface area contributed by atoms with E-state index >= 15 is 0 Å². The summed E-state index contributed by atoms with van der Waals surface area (Å²) in [6.45, 7) is 3.96. The second-order valence-electron chi connectivity index (χ2n) is 8.49. The number of nitrogens with zero attached hydrogens (tertiary/aromatic N) is 4. The molecule has 0 unspecified atom stereocenters. The number of benzene rings is 3. The maximum absolute atomic E-state index is 13.5. The Hall–Kier alpha value is -4.17. The lowest BCUT2D eigenvalue weighted by Crippen LogP contribution is -2.21. The van der Waals surface area contributed by atoms with Crippen LogP contribution in [0.25, 0.3) is 33.3 Å². The van der Waals surface area contributed by atoms with E-state index in [9.17, 15) is 9.59 Å². The average molecular weight is 481 g/mol. The molecule has 3 aromatic carbocycles. The van der Waals surface area contributed by atoms with Gasteiger partial charge < -0.3 is 4.42 Å². The molecule has 0 aliphatic rings. The second kappa shape index (κ2) is 8.25. The molecule has 0 radical (unpaired) electrons. The molecule has 7 nitrogen and oxygen atoms in total. The lowest BCUT2D eigenvalue weighted by atomic mass is 10.1. The third-order valence-corrected chi connectivity index (χ3v) is 7.01. The summed E-state index contributed by atoms with van der Waals surface area (Å²) >= 11 is 1.46. The van der Waals surface area contributed by atoms with E-state index in [1.807, 2.05) is 85.0 Å². The molecule has 8 heteroatoms. The Bertz CT molecular complexity index is 1870. The number of hydrogen-bond donors (Lipinski definition) is 0. The lowest BCUT2D eigenvalue weighted by molar-refractivity contribution is 0.559. The fourth-order valence-corrected chi connectivity index (χ4v) is 5.23. The van der Waals surface area contributed by atoms with Gasteiger partial charge in [0.25, 0.3) is 5.56 Å². The highest BCUT2D eigenvalue weighted by Crippen LogP contribution is 2.28. The van der Waals surface area contributed by atoms with Crippen molar-refractivity contribution in [3.05, 3.63) is 110 Å². The Morgan fingerprint density at radius 1 is 0.857 bits per heavy atom. The van der Waals surface area contributed by atoms with Crippen molar-refractivity contribution in [2.24, 2.45) is 0 Å². The largest absolute Gasteiger partial charge is 0.423 e. The fraction of sp³-hybridized carbons (Fsp3) is 0.111. The molecule has 35 heavy (non-hydrogen) atoms. The number of hydrogen-bond acceptors (Lipinski definition) is 6. The summed E-state index contributed by atoms with van der Waals surface area (Å²) in [5, 5.41) is 10.9. The van der Waals surface area contributed by atoms with Crippen LogP contribution in [0.1, 0.15) is 16.7 Å². The molecule has 0 fully saturated rings. The van der Waals surface area contributed by atoms with E-state index in [4.69, 9.17) is 4.42 Å². The standard InChI is InChI=1S/C27H20N4O3S/c1-16-7-10-19(11-8-16)30-25(33)21-5-3-4-6-22(21)31-26(30)28-29-27(31)35-15-18-14-24(32)34-23-13-17(2)9-12-20(18)23/h3-14H,15H2,1-2H3. The van der Waals surface area contributed by atoms with E-state index < -0.39 is 0 Å². The van der Waals surface area contributed by atoms with Crippen LogP contribution in [0.15, 0.2) is 92.0 Å². The Labute approximate surface area is 203 Å². The van der Waals surface area contributed by atoms with E-state index in [1.54, 1.807) is 4.57 Å². The molecule has 0 amide bonds. The fourth-order valence-electron chi connectivity index (χ4n) is 4.30. The molecular weight excluding hydrogens is 460 g/mol. The van der Waals surface area contributed by atoms with Gasteiger partial charge in [0.1, 0.15) is 5.58 Å². The van der Waals surface area contributed by atoms with Gasteiger partial charge in [-0.2, -0.15) is 0 Å². The SMILES string of the molecule is Cc1ccc(-n2c(=O)c3ccccc3n3c(SCc4cc(=O)oc5cc(C)ccc45)nnc23)cc1. The van der Waals surface area contributed by atoms with E-state index in [0.717, 1.165) is 33.3 Å². The highest BCUT2D eigenvalue weighted by Gasteiger charge is 2.18. The van der Waals surface area contributed by atoms with E-state index in [2.05, 4.69) is 10.2 Å². The van der Waals surface area contributed by atoms with Gasteiger partial charge in [-0.1, -0.05) is 53.7 Å². The van der Waals surface area contributed by atoms with Crippen molar-refractivity contribution in [3.8, 4) is 5.69 Å². The van der Waals surface area contributed by atoms with Gasteiger partial charge in [-0.05, 0) is 55.3 Å². The smallest absolute Gasteiger partial charge is 0.336 e. The molecule has 0 aliphatic heterocycles. The topological polar surface area (TPSA) is 82.4 Å². The van der Waals surface area contributed by atoms with Crippen molar-refractivity contribution in [1.29, 1.82) is 0 Å². The van der Waals surface area contributed by atoms with E-state index in [-0.39, 0.29) is 11.2 Å². The Morgan fingerprint density at radius 2 is 1.63 bits per heavy atom.